The Morgan fingerprint density at radius 3 is 2.11 bits per heavy atom. The lowest BCUT2D eigenvalue weighted by molar-refractivity contribution is 0.0696. The van der Waals surface area contributed by atoms with Gasteiger partial charge in [0, 0.05) is 11.1 Å². The number of ketones is 1. The Morgan fingerprint density at radius 1 is 1.00 bits per heavy atom. The molecule has 2 aromatic carbocycles. The molecular formula is C15H11FO3. The van der Waals surface area contributed by atoms with Crippen molar-refractivity contribution in [2.75, 3.05) is 0 Å². The van der Waals surface area contributed by atoms with Gasteiger partial charge in [0.1, 0.15) is 5.82 Å². The van der Waals surface area contributed by atoms with E-state index in [0.717, 1.165) is 0 Å². The summed E-state index contributed by atoms with van der Waals surface area (Å²) in [6.07, 6.45) is 0. The molecule has 0 aliphatic rings. The summed E-state index contributed by atoms with van der Waals surface area (Å²) < 4.78 is 12.8. The van der Waals surface area contributed by atoms with Crippen molar-refractivity contribution < 1.29 is 19.1 Å². The molecule has 0 fully saturated rings. The Bertz CT molecular complexity index is 645. The van der Waals surface area contributed by atoms with Crippen molar-refractivity contribution in [3.63, 3.8) is 0 Å². The lowest BCUT2D eigenvalue weighted by Gasteiger charge is -2.06. The molecule has 0 atom stereocenters. The monoisotopic (exact) mass is 258 g/mol. The maximum Gasteiger partial charge on any atom is 0.335 e. The second-order valence-electron chi connectivity index (χ2n) is 4.17. The average molecular weight is 258 g/mol. The number of rotatable bonds is 3. The molecule has 0 spiro atoms. The van der Waals surface area contributed by atoms with Gasteiger partial charge in [0.25, 0.3) is 0 Å². The van der Waals surface area contributed by atoms with E-state index in [1.165, 1.54) is 42.5 Å². The first-order chi connectivity index (χ1) is 8.99. The standard InChI is InChI=1S/C15H11FO3/c1-9-8-11(15(18)19)4-7-13(9)14(17)10-2-5-12(16)6-3-10/h2-8H,1H3,(H,18,19). The number of carbonyl (C=O) groups excluding carboxylic acids is 1. The number of aromatic carboxylic acids is 1. The SMILES string of the molecule is Cc1cc(C(=O)O)ccc1C(=O)c1ccc(F)cc1. The zero-order chi connectivity index (χ0) is 14.0. The van der Waals surface area contributed by atoms with Gasteiger partial charge in [-0.1, -0.05) is 0 Å². The normalized spacial score (nSPS) is 10.2. The van der Waals surface area contributed by atoms with Crippen LogP contribution < -0.4 is 0 Å². The minimum Gasteiger partial charge on any atom is -0.478 e. The summed E-state index contributed by atoms with van der Waals surface area (Å²) in [5, 5.41) is 8.86. The Morgan fingerprint density at radius 2 is 1.58 bits per heavy atom. The highest BCUT2D eigenvalue weighted by atomic mass is 19.1. The van der Waals surface area contributed by atoms with Crippen molar-refractivity contribution in [1.82, 2.24) is 0 Å². The molecule has 0 unspecified atom stereocenters. The quantitative estimate of drug-likeness (QED) is 0.861. The number of aryl methyl sites for hydroxylation is 1. The van der Waals surface area contributed by atoms with E-state index in [2.05, 4.69) is 0 Å². The summed E-state index contributed by atoms with van der Waals surface area (Å²) in [5.41, 5.74) is 1.49. The van der Waals surface area contributed by atoms with Gasteiger partial charge in [-0.3, -0.25) is 4.79 Å². The first-order valence-electron chi connectivity index (χ1n) is 5.63. The van der Waals surface area contributed by atoms with Gasteiger partial charge in [-0.2, -0.15) is 0 Å². The van der Waals surface area contributed by atoms with Crippen LogP contribution in [0.1, 0.15) is 31.8 Å². The van der Waals surface area contributed by atoms with Crippen LogP contribution >= 0.6 is 0 Å². The predicted octanol–water partition coefficient (Wildman–Crippen LogP) is 3.06. The molecule has 2 rings (SSSR count). The van der Waals surface area contributed by atoms with E-state index >= 15 is 0 Å². The lowest BCUT2D eigenvalue weighted by atomic mass is 9.97. The van der Waals surface area contributed by atoms with Crippen molar-refractivity contribution in [3.8, 4) is 0 Å². The Kier molecular flexibility index (Phi) is 3.42. The van der Waals surface area contributed by atoms with Gasteiger partial charge in [0.05, 0.1) is 5.56 Å². The van der Waals surface area contributed by atoms with Gasteiger partial charge in [0.15, 0.2) is 5.78 Å². The van der Waals surface area contributed by atoms with Crippen molar-refractivity contribution in [1.29, 1.82) is 0 Å². The van der Waals surface area contributed by atoms with E-state index in [9.17, 15) is 14.0 Å². The van der Waals surface area contributed by atoms with E-state index in [1.54, 1.807) is 6.92 Å². The highest BCUT2D eigenvalue weighted by Gasteiger charge is 2.13. The zero-order valence-electron chi connectivity index (χ0n) is 10.2. The molecule has 3 nitrogen and oxygen atoms in total. The first kappa shape index (κ1) is 13.0. The van der Waals surface area contributed by atoms with Crippen LogP contribution in [0.2, 0.25) is 0 Å². The van der Waals surface area contributed by atoms with Crippen LogP contribution in [0.3, 0.4) is 0 Å². The first-order valence-corrected chi connectivity index (χ1v) is 5.63. The van der Waals surface area contributed by atoms with Gasteiger partial charge in [0.2, 0.25) is 0 Å². The number of carboxylic acid groups (broad SMARTS) is 1. The third-order valence-electron chi connectivity index (χ3n) is 2.82. The number of hydrogen-bond donors (Lipinski definition) is 1. The molecule has 0 aliphatic carbocycles. The van der Waals surface area contributed by atoms with Crippen LogP contribution in [-0.2, 0) is 0 Å². The predicted molar refractivity (Wildman–Crippen MR) is 68.0 cm³/mol. The van der Waals surface area contributed by atoms with Gasteiger partial charge < -0.3 is 5.11 Å². The zero-order valence-corrected chi connectivity index (χ0v) is 10.2. The molecule has 0 bridgehead atoms. The van der Waals surface area contributed by atoms with Crippen molar-refractivity contribution in [3.05, 3.63) is 70.5 Å². The molecule has 19 heavy (non-hydrogen) atoms. The number of halogens is 1. The number of carboxylic acids is 1. The topological polar surface area (TPSA) is 54.4 Å². The highest BCUT2D eigenvalue weighted by molar-refractivity contribution is 6.10. The lowest BCUT2D eigenvalue weighted by Crippen LogP contribution is -2.06. The average Bonchev–Trinajstić information content (AvgIpc) is 2.38. The highest BCUT2D eigenvalue weighted by Crippen LogP contribution is 2.16. The second kappa shape index (κ2) is 5.02. The molecule has 0 saturated carbocycles. The van der Waals surface area contributed by atoms with Crippen LogP contribution in [0, 0.1) is 12.7 Å². The maximum absolute atomic E-state index is 12.8. The van der Waals surface area contributed by atoms with Crippen LogP contribution in [0.25, 0.3) is 0 Å². The molecule has 2 aromatic rings. The third-order valence-corrected chi connectivity index (χ3v) is 2.82. The van der Waals surface area contributed by atoms with Crippen LogP contribution in [0.15, 0.2) is 42.5 Å². The molecule has 0 amide bonds. The molecule has 96 valence electrons. The Balaban J connectivity index is 2.39. The minimum atomic E-state index is -1.04. The summed E-state index contributed by atoms with van der Waals surface area (Å²) in [5.74, 6) is -1.70. The van der Waals surface area contributed by atoms with Crippen molar-refractivity contribution in [2.24, 2.45) is 0 Å². The van der Waals surface area contributed by atoms with Crippen LogP contribution in [0.5, 0.6) is 0 Å². The molecular weight excluding hydrogens is 247 g/mol. The molecule has 0 radical (unpaired) electrons. The smallest absolute Gasteiger partial charge is 0.335 e. The fourth-order valence-corrected chi connectivity index (χ4v) is 1.81. The van der Waals surface area contributed by atoms with E-state index in [0.29, 0.717) is 16.7 Å². The molecule has 1 N–H and O–H groups in total. The number of hydrogen-bond acceptors (Lipinski definition) is 2. The number of carbonyl (C=O) groups is 2. The second-order valence-corrected chi connectivity index (χ2v) is 4.17. The Labute approximate surface area is 109 Å². The van der Waals surface area contributed by atoms with Gasteiger partial charge in [-0.25, -0.2) is 9.18 Å². The summed E-state index contributed by atoms with van der Waals surface area (Å²) in [4.78, 5) is 23.0. The summed E-state index contributed by atoms with van der Waals surface area (Å²) >= 11 is 0. The third kappa shape index (κ3) is 2.68. The molecule has 0 aliphatic heterocycles. The van der Waals surface area contributed by atoms with E-state index in [4.69, 9.17) is 5.11 Å². The van der Waals surface area contributed by atoms with Crippen molar-refractivity contribution in [2.45, 2.75) is 6.92 Å². The van der Waals surface area contributed by atoms with Crippen molar-refractivity contribution >= 4 is 11.8 Å². The fourth-order valence-electron chi connectivity index (χ4n) is 1.81. The van der Waals surface area contributed by atoms with E-state index in [-0.39, 0.29) is 11.3 Å². The molecule has 0 saturated heterocycles. The van der Waals surface area contributed by atoms with Gasteiger partial charge in [-0.15, -0.1) is 0 Å². The van der Waals surface area contributed by atoms with Gasteiger partial charge in [-0.05, 0) is 55.0 Å². The Hall–Kier alpha value is -2.49. The maximum atomic E-state index is 12.8. The fraction of sp³-hybridized carbons (Fsp3) is 0.0667. The largest absolute Gasteiger partial charge is 0.478 e. The van der Waals surface area contributed by atoms with E-state index in [1.807, 2.05) is 0 Å². The summed E-state index contributed by atoms with van der Waals surface area (Å²) in [6, 6.07) is 9.54. The molecule has 4 heteroatoms. The van der Waals surface area contributed by atoms with Gasteiger partial charge >= 0.3 is 5.97 Å². The molecule has 0 aromatic heterocycles. The van der Waals surface area contributed by atoms with Crippen LogP contribution in [-0.4, -0.2) is 16.9 Å². The summed E-state index contributed by atoms with van der Waals surface area (Å²) in [7, 11) is 0. The summed E-state index contributed by atoms with van der Waals surface area (Å²) in [6.45, 7) is 1.67. The number of benzene rings is 2. The van der Waals surface area contributed by atoms with E-state index < -0.39 is 11.8 Å². The molecule has 0 heterocycles. The van der Waals surface area contributed by atoms with Crippen LogP contribution in [0.4, 0.5) is 4.39 Å². The minimum absolute atomic E-state index is 0.133.